The lowest BCUT2D eigenvalue weighted by Gasteiger charge is -2.38. The molecule has 1 saturated heterocycles. The summed E-state index contributed by atoms with van der Waals surface area (Å²) in [6.07, 6.45) is -4.34. The van der Waals surface area contributed by atoms with E-state index in [2.05, 4.69) is 0 Å². The average Bonchev–Trinajstić information content (AvgIpc) is 2.08. The second kappa shape index (κ2) is 3.65. The molecule has 0 aromatic heterocycles. The predicted octanol–water partition coefficient (Wildman–Crippen LogP) is -3.29. The fourth-order valence-electron chi connectivity index (χ4n) is 1.16. The highest BCUT2D eigenvalue weighted by atomic mass is 16.6. The first-order valence-electron chi connectivity index (χ1n) is 3.73. The summed E-state index contributed by atoms with van der Waals surface area (Å²) in [5.74, 6) is 0. The molecular weight excluding hydrogens is 164 g/mol. The quantitative estimate of drug-likeness (QED) is 0.287. The minimum absolute atomic E-state index is 0.0298. The van der Waals surface area contributed by atoms with Crippen LogP contribution in [0.15, 0.2) is 0 Å². The number of hydrogen-bond acceptors (Lipinski definition) is 6. The van der Waals surface area contributed by atoms with Gasteiger partial charge in [0.05, 0.1) is 6.04 Å². The summed E-state index contributed by atoms with van der Waals surface area (Å²) in [7, 11) is 0. The Morgan fingerprint density at radius 3 is 2.25 bits per heavy atom. The summed E-state index contributed by atoms with van der Waals surface area (Å²) >= 11 is 0. The topological polar surface area (TPSA) is 122 Å². The molecule has 1 aliphatic rings. The maximum atomic E-state index is 9.28. The standard InChI is InChI=1S/C6H14N2O4/c7-1-2-4(9)5(10)3(8)6(11)12-2/h2-6,9-11H,1,7-8H2/t2-,3?,4+,5?,6?/m0/s1. The molecule has 0 aliphatic carbocycles. The van der Waals surface area contributed by atoms with Gasteiger partial charge in [-0.3, -0.25) is 0 Å². The van der Waals surface area contributed by atoms with Crippen LogP contribution in [0.2, 0.25) is 0 Å². The number of aliphatic hydroxyl groups is 3. The Balaban J connectivity index is 2.63. The van der Waals surface area contributed by atoms with Gasteiger partial charge in [0.25, 0.3) is 0 Å². The first-order chi connectivity index (χ1) is 5.57. The molecule has 3 unspecified atom stereocenters. The normalized spacial score (nSPS) is 49.2. The lowest BCUT2D eigenvalue weighted by molar-refractivity contribution is -0.238. The van der Waals surface area contributed by atoms with Crippen LogP contribution in [0.1, 0.15) is 0 Å². The average molecular weight is 178 g/mol. The molecule has 7 N–H and O–H groups in total. The van der Waals surface area contributed by atoms with E-state index in [1.807, 2.05) is 0 Å². The van der Waals surface area contributed by atoms with Crippen LogP contribution in [-0.2, 0) is 4.74 Å². The van der Waals surface area contributed by atoms with Crippen molar-refractivity contribution < 1.29 is 20.1 Å². The van der Waals surface area contributed by atoms with Crippen LogP contribution in [0.25, 0.3) is 0 Å². The fraction of sp³-hybridized carbons (Fsp3) is 1.00. The van der Waals surface area contributed by atoms with Crippen molar-refractivity contribution in [2.75, 3.05) is 6.54 Å². The van der Waals surface area contributed by atoms with E-state index in [9.17, 15) is 10.2 Å². The third-order valence-corrected chi connectivity index (χ3v) is 2.00. The van der Waals surface area contributed by atoms with Crippen molar-refractivity contribution in [3.63, 3.8) is 0 Å². The molecule has 5 atom stereocenters. The van der Waals surface area contributed by atoms with Crippen molar-refractivity contribution in [3.8, 4) is 0 Å². The van der Waals surface area contributed by atoms with E-state index in [0.29, 0.717) is 0 Å². The van der Waals surface area contributed by atoms with Crippen LogP contribution in [0, 0.1) is 0 Å². The van der Waals surface area contributed by atoms with E-state index in [0.717, 1.165) is 0 Å². The van der Waals surface area contributed by atoms with Gasteiger partial charge in [0.15, 0.2) is 6.29 Å². The molecule has 1 rings (SSSR count). The maximum absolute atomic E-state index is 9.28. The third-order valence-electron chi connectivity index (χ3n) is 2.00. The van der Waals surface area contributed by atoms with Crippen molar-refractivity contribution in [2.24, 2.45) is 11.5 Å². The fourth-order valence-corrected chi connectivity index (χ4v) is 1.16. The molecule has 72 valence electrons. The monoisotopic (exact) mass is 178 g/mol. The molecule has 0 saturated carbocycles. The molecule has 0 amide bonds. The van der Waals surface area contributed by atoms with Gasteiger partial charge < -0.3 is 31.5 Å². The Labute approximate surface area is 69.7 Å². The predicted molar refractivity (Wildman–Crippen MR) is 39.9 cm³/mol. The SMILES string of the molecule is NC[C@@H]1OC(O)C(N)C(O)[C@@H]1O. The lowest BCUT2D eigenvalue weighted by atomic mass is 9.98. The summed E-state index contributed by atoms with van der Waals surface area (Å²) in [5.41, 5.74) is 10.5. The molecule has 1 aliphatic heterocycles. The summed E-state index contributed by atoms with van der Waals surface area (Å²) < 4.78 is 4.83. The first-order valence-corrected chi connectivity index (χ1v) is 3.73. The van der Waals surface area contributed by atoms with Gasteiger partial charge in [0.2, 0.25) is 0 Å². The van der Waals surface area contributed by atoms with Gasteiger partial charge in [-0.15, -0.1) is 0 Å². The highest BCUT2D eigenvalue weighted by Gasteiger charge is 2.41. The van der Waals surface area contributed by atoms with Crippen molar-refractivity contribution in [1.82, 2.24) is 0 Å². The van der Waals surface area contributed by atoms with Crippen molar-refractivity contribution >= 4 is 0 Å². The van der Waals surface area contributed by atoms with E-state index in [4.69, 9.17) is 21.3 Å². The molecule has 0 aromatic rings. The van der Waals surface area contributed by atoms with Crippen molar-refractivity contribution in [1.29, 1.82) is 0 Å². The lowest BCUT2D eigenvalue weighted by Crippen LogP contribution is -2.62. The zero-order chi connectivity index (χ0) is 9.30. The van der Waals surface area contributed by atoms with Crippen LogP contribution in [-0.4, -0.2) is 52.5 Å². The molecule has 6 nitrogen and oxygen atoms in total. The van der Waals surface area contributed by atoms with Gasteiger partial charge >= 0.3 is 0 Å². The Bertz CT molecular complexity index is 152. The van der Waals surface area contributed by atoms with Crippen molar-refractivity contribution in [3.05, 3.63) is 0 Å². The highest BCUT2D eigenvalue weighted by Crippen LogP contribution is 2.17. The van der Waals surface area contributed by atoms with E-state index >= 15 is 0 Å². The molecule has 1 heterocycles. The zero-order valence-corrected chi connectivity index (χ0v) is 6.50. The van der Waals surface area contributed by atoms with Gasteiger partial charge in [0, 0.05) is 6.54 Å². The minimum Gasteiger partial charge on any atom is -0.388 e. The summed E-state index contributed by atoms with van der Waals surface area (Å²) in [6, 6.07) is -0.984. The Morgan fingerprint density at radius 1 is 1.17 bits per heavy atom. The van der Waals surface area contributed by atoms with Crippen LogP contribution >= 0.6 is 0 Å². The highest BCUT2D eigenvalue weighted by molar-refractivity contribution is 4.91. The van der Waals surface area contributed by atoms with Crippen LogP contribution < -0.4 is 11.5 Å². The second-order valence-electron chi connectivity index (χ2n) is 2.86. The maximum Gasteiger partial charge on any atom is 0.172 e. The number of rotatable bonds is 1. The van der Waals surface area contributed by atoms with Gasteiger partial charge in [-0.05, 0) is 0 Å². The van der Waals surface area contributed by atoms with E-state index < -0.39 is 30.6 Å². The molecule has 0 bridgehead atoms. The molecule has 12 heavy (non-hydrogen) atoms. The Morgan fingerprint density at radius 2 is 1.75 bits per heavy atom. The first kappa shape index (κ1) is 9.85. The van der Waals surface area contributed by atoms with E-state index in [1.54, 1.807) is 0 Å². The molecule has 0 spiro atoms. The number of nitrogens with two attached hydrogens (primary N) is 2. The number of hydrogen-bond donors (Lipinski definition) is 5. The Kier molecular flexibility index (Phi) is 2.99. The smallest absolute Gasteiger partial charge is 0.172 e. The summed E-state index contributed by atoms with van der Waals surface area (Å²) in [5, 5.41) is 27.6. The van der Waals surface area contributed by atoms with Gasteiger partial charge in [-0.2, -0.15) is 0 Å². The second-order valence-corrected chi connectivity index (χ2v) is 2.86. The Hall–Kier alpha value is -0.240. The van der Waals surface area contributed by atoms with Crippen LogP contribution in [0.3, 0.4) is 0 Å². The molecular formula is C6H14N2O4. The molecule has 6 heteroatoms. The largest absolute Gasteiger partial charge is 0.388 e. The summed E-state index contributed by atoms with van der Waals surface area (Å²) in [6.45, 7) is 0.0298. The molecule has 1 fully saturated rings. The van der Waals surface area contributed by atoms with E-state index in [1.165, 1.54) is 0 Å². The molecule has 0 radical (unpaired) electrons. The van der Waals surface area contributed by atoms with Crippen LogP contribution in [0.4, 0.5) is 0 Å². The van der Waals surface area contributed by atoms with Gasteiger partial charge in [-0.25, -0.2) is 0 Å². The number of ether oxygens (including phenoxy) is 1. The third kappa shape index (κ3) is 1.58. The van der Waals surface area contributed by atoms with Crippen molar-refractivity contribution in [2.45, 2.75) is 30.6 Å². The minimum atomic E-state index is -1.27. The van der Waals surface area contributed by atoms with Gasteiger partial charge in [0.1, 0.15) is 18.3 Å². The zero-order valence-electron chi connectivity index (χ0n) is 6.50. The summed E-state index contributed by atoms with van der Waals surface area (Å²) in [4.78, 5) is 0. The van der Waals surface area contributed by atoms with Gasteiger partial charge in [-0.1, -0.05) is 0 Å². The number of aliphatic hydroxyl groups excluding tert-OH is 3. The van der Waals surface area contributed by atoms with E-state index in [-0.39, 0.29) is 6.54 Å². The molecule has 0 aromatic carbocycles. The van der Waals surface area contributed by atoms with Crippen LogP contribution in [0.5, 0.6) is 0 Å².